The van der Waals surface area contributed by atoms with E-state index in [4.69, 9.17) is 11.6 Å². The number of hydrogen-bond donors (Lipinski definition) is 2. The Morgan fingerprint density at radius 2 is 1.91 bits per heavy atom. The highest BCUT2D eigenvalue weighted by atomic mass is 35.5. The van der Waals surface area contributed by atoms with Gasteiger partial charge in [-0.15, -0.1) is 0 Å². The SMILES string of the molecule is O=C(CCC1CCC(Nc2ncc3ncnc(Nc4ccc(F)c(Cl)c4)c3n2)CC1)N1CCCC1. The Morgan fingerprint density at radius 1 is 1.11 bits per heavy atom. The molecule has 2 fully saturated rings. The second-order valence-corrected chi connectivity index (χ2v) is 9.80. The standard InChI is InChI=1S/C25H29ClFN7O/c26-19-13-18(8-9-20(19)27)31-24-23-21(29-15-30-24)14-28-25(33-23)32-17-6-3-16(4-7-17)5-10-22(35)34-11-1-2-12-34/h8-9,13-17H,1-7,10-12H2,(H,28,32,33)(H,29,30,31). The molecule has 1 aliphatic heterocycles. The summed E-state index contributed by atoms with van der Waals surface area (Å²) in [7, 11) is 0. The van der Waals surface area contributed by atoms with Crippen LogP contribution >= 0.6 is 11.6 Å². The predicted molar refractivity (Wildman–Crippen MR) is 134 cm³/mol. The van der Waals surface area contributed by atoms with Crippen LogP contribution < -0.4 is 10.6 Å². The van der Waals surface area contributed by atoms with E-state index in [0.29, 0.717) is 46.7 Å². The number of anilines is 3. The van der Waals surface area contributed by atoms with Crippen molar-refractivity contribution in [3.8, 4) is 0 Å². The van der Waals surface area contributed by atoms with E-state index in [1.54, 1.807) is 12.3 Å². The quantitative estimate of drug-likeness (QED) is 0.455. The third kappa shape index (κ3) is 5.78. The molecule has 2 N–H and O–H groups in total. The maximum Gasteiger partial charge on any atom is 0.223 e. The molecule has 8 nitrogen and oxygen atoms in total. The summed E-state index contributed by atoms with van der Waals surface area (Å²) in [5.74, 6) is 1.46. The van der Waals surface area contributed by atoms with Crippen LogP contribution in [0.1, 0.15) is 51.4 Å². The van der Waals surface area contributed by atoms with Crippen LogP contribution in [0, 0.1) is 11.7 Å². The molecule has 3 aromatic rings. The van der Waals surface area contributed by atoms with Crippen LogP contribution in [-0.2, 0) is 4.79 Å². The van der Waals surface area contributed by atoms with Crippen LogP contribution in [-0.4, -0.2) is 49.9 Å². The molecule has 35 heavy (non-hydrogen) atoms. The van der Waals surface area contributed by atoms with Gasteiger partial charge in [0.1, 0.15) is 23.2 Å². The van der Waals surface area contributed by atoms with Gasteiger partial charge in [0.2, 0.25) is 11.9 Å². The minimum Gasteiger partial charge on any atom is -0.351 e. The Kier molecular flexibility index (Phi) is 7.22. The Morgan fingerprint density at radius 3 is 2.69 bits per heavy atom. The van der Waals surface area contributed by atoms with Crippen molar-refractivity contribution in [2.75, 3.05) is 23.7 Å². The van der Waals surface area contributed by atoms with Gasteiger partial charge in [-0.2, -0.15) is 0 Å². The summed E-state index contributed by atoms with van der Waals surface area (Å²) in [5, 5.41) is 6.63. The molecule has 1 saturated heterocycles. The molecule has 1 aliphatic carbocycles. The van der Waals surface area contributed by atoms with Gasteiger partial charge >= 0.3 is 0 Å². The number of aromatic nitrogens is 4. The molecule has 5 rings (SSSR count). The summed E-state index contributed by atoms with van der Waals surface area (Å²) in [6, 6.07) is 4.68. The van der Waals surface area contributed by atoms with Crippen molar-refractivity contribution in [3.05, 3.63) is 41.6 Å². The number of carbonyl (C=O) groups is 1. The number of halogens is 2. The number of benzene rings is 1. The van der Waals surface area contributed by atoms with Crippen molar-refractivity contribution in [2.24, 2.45) is 5.92 Å². The monoisotopic (exact) mass is 497 g/mol. The largest absolute Gasteiger partial charge is 0.351 e. The predicted octanol–water partition coefficient (Wildman–Crippen LogP) is 5.33. The van der Waals surface area contributed by atoms with Crippen LogP contribution in [0.5, 0.6) is 0 Å². The highest BCUT2D eigenvalue weighted by Gasteiger charge is 2.24. The highest BCUT2D eigenvalue weighted by Crippen LogP contribution is 2.30. The summed E-state index contributed by atoms with van der Waals surface area (Å²) < 4.78 is 13.5. The number of likely N-dealkylation sites (tertiary alicyclic amines) is 1. The molecular formula is C25H29ClFN7O. The van der Waals surface area contributed by atoms with Crippen LogP contribution in [0.2, 0.25) is 5.02 Å². The number of carbonyl (C=O) groups excluding carboxylic acids is 1. The number of fused-ring (bicyclic) bond motifs is 1. The van der Waals surface area contributed by atoms with Crippen molar-refractivity contribution in [2.45, 2.75) is 57.4 Å². The third-order valence-electron chi connectivity index (χ3n) is 6.96. The van der Waals surface area contributed by atoms with E-state index >= 15 is 0 Å². The molecule has 0 bridgehead atoms. The zero-order chi connectivity index (χ0) is 24.2. The van der Waals surface area contributed by atoms with Gasteiger partial charge in [0.05, 0.1) is 11.2 Å². The van der Waals surface area contributed by atoms with Gasteiger partial charge in [0.25, 0.3) is 0 Å². The first-order chi connectivity index (χ1) is 17.0. The number of rotatable bonds is 7. The summed E-state index contributed by atoms with van der Waals surface area (Å²) in [5.41, 5.74) is 1.78. The molecule has 0 atom stereocenters. The zero-order valence-electron chi connectivity index (χ0n) is 19.5. The van der Waals surface area contributed by atoms with Crippen LogP contribution in [0.25, 0.3) is 11.0 Å². The third-order valence-corrected chi connectivity index (χ3v) is 7.25. The fraction of sp³-hybridized carbons (Fsp3) is 0.480. The van der Waals surface area contributed by atoms with Crippen LogP contribution in [0.4, 0.5) is 21.8 Å². The lowest BCUT2D eigenvalue weighted by Crippen LogP contribution is -2.30. The second-order valence-electron chi connectivity index (χ2n) is 9.39. The molecule has 1 aromatic carbocycles. The molecule has 3 heterocycles. The molecule has 0 radical (unpaired) electrons. The van der Waals surface area contributed by atoms with Crippen LogP contribution in [0.15, 0.2) is 30.7 Å². The fourth-order valence-corrected chi connectivity index (χ4v) is 5.14. The topological polar surface area (TPSA) is 95.9 Å². The molecule has 2 aromatic heterocycles. The van der Waals surface area contributed by atoms with E-state index in [2.05, 4.69) is 30.6 Å². The second kappa shape index (κ2) is 10.7. The molecule has 1 saturated carbocycles. The van der Waals surface area contributed by atoms with Gasteiger partial charge in [-0.3, -0.25) is 4.79 Å². The van der Waals surface area contributed by atoms with E-state index in [1.165, 1.54) is 18.5 Å². The van der Waals surface area contributed by atoms with E-state index in [9.17, 15) is 9.18 Å². The lowest BCUT2D eigenvalue weighted by molar-refractivity contribution is -0.130. The average molecular weight is 498 g/mol. The Bertz CT molecular complexity index is 1200. The van der Waals surface area contributed by atoms with Crippen molar-refractivity contribution in [1.29, 1.82) is 0 Å². The van der Waals surface area contributed by atoms with Crippen molar-refractivity contribution < 1.29 is 9.18 Å². The van der Waals surface area contributed by atoms with E-state index in [1.807, 2.05) is 4.90 Å². The Hall–Kier alpha value is -3.07. The van der Waals surface area contributed by atoms with Gasteiger partial charge in [-0.05, 0) is 69.1 Å². The van der Waals surface area contributed by atoms with E-state index in [-0.39, 0.29) is 11.1 Å². The fourth-order valence-electron chi connectivity index (χ4n) is 4.96. The van der Waals surface area contributed by atoms with E-state index < -0.39 is 5.82 Å². The highest BCUT2D eigenvalue weighted by molar-refractivity contribution is 6.31. The number of nitrogens with zero attached hydrogens (tertiary/aromatic N) is 5. The smallest absolute Gasteiger partial charge is 0.223 e. The number of hydrogen-bond acceptors (Lipinski definition) is 7. The first kappa shape index (κ1) is 23.7. The molecule has 10 heteroatoms. The minimum atomic E-state index is -0.480. The molecule has 2 aliphatic rings. The van der Waals surface area contributed by atoms with Crippen molar-refractivity contribution in [1.82, 2.24) is 24.8 Å². The van der Waals surface area contributed by atoms with Crippen molar-refractivity contribution in [3.63, 3.8) is 0 Å². The molecular weight excluding hydrogens is 469 g/mol. The van der Waals surface area contributed by atoms with Gasteiger partial charge in [0.15, 0.2) is 5.82 Å². The maximum absolute atomic E-state index is 13.5. The van der Waals surface area contributed by atoms with Crippen molar-refractivity contribution >= 4 is 46.0 Å². The average Bonchev–Trinajstić information content (AvgIpc) is 3.41. The van der Waals surface area contributed by atoms with E-state index in [0.717, 1.165) is 58.0 Å². The number of amides is 1. The maximum atomic E-state index is 13.5. The molecule has 0 unspecified atom stereocenters. The Labute approximate surface area is 208 Å². The number of nitrogens with one attached hydrogen (secondary N) is 2. The summed E-state index contributed by atoms with van der Waals surface area (Å²) in [6.07, 6.45) is 11.3. The lowest BCUT2D eigenvalue weighted by Gasteiger charge is -2.29. The molecule has 0 spiro atoms. The first-order valence-electron chi connectivity index (χ1n) is 12.3. The summed E-state index contributed by atoms with van der Waals surface area (Å²) >= 11 is 5.90. The normalized spacial score (nSPS) is 20.2. The van der Waals surface area contributed by atoms with Crippen LogP contribution in [0.3, 0.4) is 0 Å². The van der Waals surface area contributed by atoms with Gasteiger partial charge in [-0.25, -0.2) is 24.3 Å². The summed E-state index contributed by atoms with van der Waals surface area (Å²) in [4.78, 5) is 32.0. The first-order valence-corrected chi connectivity index (χ1v) is 12.7. The lowest BCUT2D eigenvalue weighted by atomic mass is 9.83. The molecule has 1 amide bonds. The van der Waals surface area contributed by atoms with Gasteiger partial charge in [-0.1, -0.05) is 11.6 Å². The summed E-state index contributed by atoms with van der Waals surface area (Å²) in [6.45, 7) is 1.86. The minimum absolute atomic E-state index is 0.0290. The molecule has 184 valence electrons. The zero-order valence-corrected chi connectivity index (χ0v) is 20.3. The Balaban J connectivity index is 1.18. The van der Waals surface area contributed by atoms with Gasteiger partial charge in [0, 0.05) is 31.2 Å². The van der Waals surface area contributed by atoms with Gasteiger partial charge < -0.3 is 15.5 Å².